The summed E-state index contributed by atoms with van der Waals surface area (Å²) >= 11 is 6.08. The van der Waals surface area contributed by atoms with E-state index in [4.69, 9.17) is 21.1 Å². The minimum Gasteiger partial charge on any atom is -0.459 e. The van der Waals surface area contributed by atoms with Gasteiger partial charge in [-0.1, -0.05) is 16.8 Å². The number of morpholine rings is 1. The molecular formula is C19H22ClN7O4. The Morgan fingerprint density at radius 3 is 2.90 bits per heavy atom. The maximum atomic E-state index is 12.4. The molecule has 0 N–H and O–H groups in total. The summed E-state index contributed by atoms with van der Waals surface area (Å²) in [4.78, 5) is 34.5. The lowest BCUT2D eigenvalue weighted by molar-refractivity contribution is -0.135. The van der Waals surface area contributed by atoms with Crippen LogP contribution in [0.2, 0.25) is 5.15 Å². The lowest BCUT2D eigenvalue weighted by Gasteiger charge is -2.26. The quantitative estimate of drug-likeness (QED) is 0.393. The van der Waals surface area contributed by atoms with E-state index in [9.17, 15) is 9.59 Å². The van der Waals surface area contributed by atoms with Crippen molar-refractivity contribution in [3.63, 3.8) is 0 Å². The van der Waals surface area contributed by atoms with Crippen LogP contribution in [0.4, 0.5) is 0 Å². The summed E-state index contributed by atoms with van der Waals surface area (Å²) in [6, 6.07) is 1.65. The Balaban J connectivity index is 1.29. The average Bonchev–Trinajstić information content (AvgIpc) is 3.44. The topological polar surface area (TPSA) is 117 Å². The van der Waals surface area contributed by atoms with E-state index in [0.29, 0.717) is 43.6 Å². The van der Waals surface area contributed by atoms with E-state index in [1.165, 1.54) is 17.2 Å². The van der Waals surface area contributed by atoms with Crippen LogP contribution < -0.4 is 0 Å². The van der Waals surface area contributed by atoms with E-state index in [0.717, 1.165) is 5.39 Å². The van der Waals surface area contributed by atoms with Gasteiger partial charge in [0.15, 0.2) is 5.69 Å². The van der Waals surface area contributed by atoms with Crippen molar-refractivity contribution < 1.29 is 19.1 Å². The zero-order valence-corrected chi connectivity index (χ0v) is 17.7. The standard InChI is InChI=1S/C19H22ClN7O4/c1-13(27-5-2-14-17(20)21-12-22-18(14)27)11-31-19(29)15-10-26(24-23-15)4-3-16(28)25-6-8-30-9-7-25/h2,5,10,12-13H,3-4,6-9,11H2,1H3. The molecule has 1 fully saturated rings. The molecule has 1 unspecified atom stereocenters. The number of hydrogen-bond donors (Lipinski definition) is 0. The number of hydrogen-bond acceptors (Lipinski definition) is 8. The van der Waals surface area contributed by atoms with Crippen molar-refractivity contribution in [2.75, 3.05) is 32.9 Å². The number of aromatic nitrogens is 6. The first-order valence-electron chi connectivity index (χ1n) is 9.92. The van der Waals surface area contributed by atoms with Crippen LogP contribution in [0, 0.1) is 0 Å². The average molecular weight is 448 g/mol. The van der Waals surface area contributed by atoms with Gasteiger partial charge >= 0.3 is 5.97 Å². The Morgan fingerprint density at radius 1 is 1.29 bits per heavy atom. The Labute approximate surface area is 182 Å². The van der Waals surface area contributed by atoms with Crippen molar-refractivity contribution >= 4 is 34.5 Å². The van der Waals surface area contributed by atoms with Crippen LogP contribution in [0.5, 0.6) is 0 Å². The molecule has 0 aromatic carbocycles. The van der Waals surface area contributed by atoms with Gasteiger partial charge in [0.1, 0.15) is 23.7 Å². The van der Waals surface area contributed by atoms with E-state index in [1.807, 2.05) is 23.8 Å². The first-order valence-corrected chi connectivity index (χ1v) is 10.3. The molecule has 0 radical (unpaired) electrons. The monoisotopic (exact) mass is 447 g/mol. The third-order valence-electron chi connectivity index (χ3n) is 5.06. The first kappa shape index (κ1) is 21.2. The molecule has 4 rings (SSSR count). The molecule has 3 aromatic rings. The molecule has 1 saturated heterocycles. The molecule has 12 heteroatoms. The lowest BCUT2D eigenvalue weighted by atomic mass is 10.3. The molecule has 1 atom stereocenters. The van der Waals surface area contributed by atoms with Crippen molar-refractivity contribution in [1.29, 1.82) is 0 Å². The number of esters is 1. The van der Waals surface area contributed by atoms with E-state index < -0.39 is 5.97 Å². The molecule has 1 aliphatic rings. The fourth-order valence-electron chi connectivity index (χ4n) is 3.33. The molecule has 164 valence electrons. The summed E-state index contributed by atoms with van der Waals surface area (Å²) in [7, 11) is 0. The zero-order chi connectivity index (χ0) is 21.8. The molecule has 31 heavy (non-hydrogen) atoms. The number of fused-ring (bicyclic) bond motifs is 1. The van der Waals surface area contributed by atoms with Crippen LogP contribution in [0.3, 0.4) is 0 Å². The lowest BCUT2D eigenvalue weighted by Crippen LogP contribution is -2.41. The highest BCUT2D eigenvalue weighted by atomic mass is 35.5. The zero-order valence-electron chi connectivity index (χ0n) is 17.0. The summed E-state index contributed by atoms with van der Waals surface area (Å²) in [6.45, 7) is 4.67. The number of carbonyl (C=O) groups excluding carboxylic acids is 2. The van der Waals surface area contributed by atoms with Gasteiger partial charge in [0.2, 0.25) is 5.91 Å². The summed E-state index contributed by atoms with van der Waals surface area (Å²) in [5.74, 6) is -0.554. The maximum absolute atomic E-state index is 12.4. The Kier molecular flexibility index (Phi) is 6.42. The molecule has 0 bridgehead atoms. The van der Waals surface area contributed by atoms with Crippen LogP contribution in [-0.2, 0) is 20.8 Å². The van der Waals surface area contributed by atoms with Crippen molar-refractivity contribution in [3.05, 3.63) is 35.6 Å². The minimum absolute atomic E-state index is 0.0274. The number of amides is 1. The predicted octanol–water partition coefficient (Wildman–Crippen LogP) is 1.34. The maximum Gasteiger partial charge on any atom is 0.360 e. The van der Waals surface area contributed by atoms with Gasteiger partial charge in [-0.2, -0.15) is 0 Å². The van der Waals surface area contributed by atoms with E-state index in [-0.39, 0.29) is 30.7 Å². The van der Waals surface area contributed by atoms with Crippen molar-refractivity contribution in [1.82, 2.24) is 34.4 Å². The van der Waals surface area contributed by atoms with Crippen LogP contribution in [-0.4, -0.2) is 79.2 Å². The summed E-state index contributed by atoms with van der Waals surface area (Å²) in [5.41, 5.74) is 0.758. The van der Waals surface area contributed by atoms with Crippen molar-refractivity contribution in [3.8, 4) is 0 Å². The molecular weight excluding hydrogens is 426 g/mol. The van der Waals surface area contributed by atoms with Crippen LogP contribution in [0.25, 0.3) is 11.0 Å². The molecule has 0 aliphatic carbocycles. The highest BCUT2D eigenvalue weighted by Crippen LogP contribution is 2.23. The van der Waals surface area contributed by atoms with Gasteiger partial charge in [-0.3, -0.25) is 9.48 Å². The molecule has 0 spiro atoms. The summed E-state index contributed by atoms with van der Waals surface area (Å²) in [5, 5.41) is 8.88. The molecule has 11 nitrogen and oxygen atoms in total. The molecule has 1 aliphatic heterocycles. The molecule has 4 heterocycles. The van der Waals surface area contributed by atoms with Gasteiger partial charge in [0.25, 0.3) is 0 Å². The van der Waals surface area contributed by atoms with Crippen LogP contribution in [0.1, 0.15) is 29.9 Å². The Morgan fingerprint density at radius 2 is 2.10 bits per heavy atom. The second-order valence-corrected chi connectivity index (χ2v) is 7.54. The van der Waals surface area contributed by atoms with E-state index in [2.05, 4.69) is 20.3 Å². The largest absolute Gasteiger partial charge is 0.459 e. The number of halogens is 1. The summed E-state index contributed by atoms with van der Waals surface area (Å²) < 4.78 is 14.0. The second kappa shape index (κ2) is 9.40. The predicted molar refractivity (Wildman–Crippen MR) is 110 cm³/mol. The minimum atomic E-state index is -0.582. The second-order valence-electron chi connectivity index (χ2n) is 7.18. The highest BCUT2D eigenvalue weighted by molar-refractivity contribution is 6.33. The van der Waals surface area contributed by atoms with Gasteiger partial charge < -0.3 is 18.9 Å². The number of aryl methyl sites for hydroxylation is 1. The van der Waals surface area contributed by atoms with Gasteiger partial charge in [0.05, 0.1) is 37.4 Å². The fraction of sp³-hybridized carbons (Fsp3) is 0.474. The van der Waals surface area contributed by atoms with Gasteiger partial charge in [-0.25, -0.2) is 14.8 Å². The summed E-state index contributed by atoms with van der Waals surface area (Å²) in [6.07, 6.45) is 4.98. The van der Waals surface area contributed by atoms with Crippen molar-refractivity contribution in [2.24, 2.45) is 0 Å². The molecule has 3 aromatic heterocycles. The van der Waals surface area contributed by atoms with Gasteiger partial charge in [0, 0.05) is 25.7 Å². The highest BCUT2D eigenvalue weighted by Gasteiger charge is 2.19. The fourth-order valence-corrected chi connectivity index (χ4v) is 3.52. The van der Waals surface area contributed by atoms with E-state index >= 15 is 0 Å². The number of carbonyl (C=O) groups is 2. The SMILES string of the molecule is CC(COC(=O)c1cn(CCC(=O)N2CCOCC2)nn1)n1ccc2c(Cl)ncnc21. The smallest absolute Gasteiger partial charge is 0.360 e. The molecule has 0 saturated carbocycles. The van der Waals surface area contributed by atoms with Crippen molar-refractivity contribution in [2.45, 2.75) is 25.9 Å². The third-order valence-corrected chi connectivity index (χ3v) is 5.36. The number of rotatable bonds is 7. The van der Waals surface area contributed by atoms with Gasteiger partial charge in [-0.05, 0) is 13.0 Å². The van der Waals surface area contributed by atoms with Gasteiger partial charge in [-0.15, -0.1) is 5.10 Å². The molecule has 1 amide bonds. The number of ether oxygens (including phenoxy) is 2. The van der Waals surface area contributed by atoms with Crippen LogP contribution in [0.15, 0.2) is 24.8 Å². The normalized spacial score (nSPS) is 15.2. The first-order chi connectivity index (χ1) is 15.0. The third kappa shape index (κ3) is 4.83. The van der Waals surface area contributed by atoms with Crippen LogP contribution >= 0.6 is 11.6 Å². The number of nitrogens with zero attached hydrogens (tertiary/aromatic N) is 7. The van der Waals surface area contributed by atoms with E-state index in [1.54, 1.807) is 4.90 Å². The Hall–Kier alpha value is -3.05. The Bertz CT molecular complexity index is 1080.